The fourth-order valence-corrected chi connectivity index (χ4v) is 2.48. The molecule has 0 atom stereocenters. The number of ether oxygens (including phenoxy) is 1. The maximum Gasteiger partial charge on any atom is 0.573 e. The number of nitrogens with zero attached hydrogens (tertiary/aromatic N) is 1. The minimum absolute atomic E-state index is 0.204. The maximum atomic E-state index is 12.0. The van der Waals surface area contributed by atoms with Crippen molar-refractivity contribution in [2.75, 3.05) is 0 Å². The molecule has 0 aromatic carbocycles. The number of rotatable bonds is 2. The largest absolute Gasteiger partial charge is 0.573 e. The van der Waals surface area contributed by atoms with Gasteiger partial charge in [-0.05, 0) is 29.5 Å². The summed E-state index contributed by atoms with van der Waals surface area (Å²) in [6.45, 7) is 1.62. The lowest BCUT2D eigenvalue weighted by Crippen LogP contribution is -2.18. The molecule has 84 valence electrons. The van der Waals surface area contributed by atoms with Gasteiger partial charge in [-0.25, -0.2) is 0 Å². The van der Waals surface area contributed by atoms with Gasteiger partial charge < -0.3 is 4.74 Å². The molecule has 1 heterocycles. The van der Waals surface area contributed by atoms with Gasteiger partial charge in [-0.2, -0.15) is 0 Å². The third kappa shape index (κ3) is 3.78. The van der Waals surface area contributed by atoms with Crippen molar-refractivity contribution in [3.8, 4) is 5.75 Å². The Morgan fingerprint density at radius 2 is 2.13 bits per heavy atom. The van der Waals surface area contributed by atoms with E-state index in [2.05, 4.69) is 25.7 Å². The van der Waals surface area contributed by atoms with Crippen LogP contribution in [0.3, 0.4) is 0 Å². The highest BCUT2D eigenvalue weighted by Crippen LogP contribution is 2.30. The molecule has 7 heteroatoms. The average Bonchev–Trinajstić information content (AvgIpc) is 2.08. The molecule has 1 aromatic rings. The van der Waals surface area contributed by atoms with E-state index >= 15 is 0 Å². The molecule has 0 spiro atoms. The van der Waals surface area contributed by atoms with Crippen LogP contribution in [0.5, 0.6) is 5.75 Å². The van der Waals surface area contributed by atoms with Crippen molar-refractivity contribution >= 4 is 38.5 Å². The van der Waals surface area contributed by atoms with Gasteiger partial charge in [0, 0.05) is 17.1 Å². The van der Waals surface area contributed by atoms with Crippen LogP contribution in [0.2, 0.25) is 0 Å². The highest BCUT2D eigenvalue weighted by molar-refractivity contribution is 14.1. The van der Waals surface area contributed by atoms with E-state index in [4.69, 9.17) is 0 Å². The summed E-state index contributed by atoms with van der Waals surface area (Å²) >= 11 is 4.93. The lowest BCUT2D eigenvalue weighted by Gasteiger charge is -2.12. The van der Waals surface area contributed by atoms with Crippen LogP contribution < -0.4 is 4.74 Å². The normalized spacial score (nSPS) is 11.6. The highest BCUT2D eigenvalue weighted by Gasteiger charge is 2.32. The van der Waals surface area contributed by atoms with E-state index in [0.29, 0.717) is 20.3 Å². The van der Waals surface area contributed by atoms with E-state index in [0.717, 1.165) is 0 Å². The molecular formula is C8H6BrF3INO. The van der Waals surface area contributed by atoms with Gasteiger partial charge in [-0.3, -0.25) is 4.98 Å². The Morgan fingerprint density at radius 1 is 1.53 bits per heavy atom. The number of halogens is 5. The molecule has 0 N–H and O–H groups in total. The van der Waals surface area contributed by atoms with E-state index in [1.807, 2.05) is 0 Å². The van der Waals surface area contributed by atoms with Crippen LogP contribution in [0.15, 0.2) is 6.07 Å². The first-order valence-corrected chi connectivity index (χ1v) is 6.01. The first-order chi connectivity index (χ1) is 6.83. The van der Waals surface area contributed by atoms with Crippen molar-refractivity contribution in [1.29, 1.82) is 0 Å². The predicted octanol–water partition coefficient (Wildman–Crippen LogP) is 3.79. The van der Waals surface area contributed by atoms with Gasteiger partial charge in [0.1, 0.15) is 5.75 Å². The Labute approximate surface area is 106 Å². The Morgan fingerprint density at radius 3 is 2.60 bits per heavy atom. The second-order valence-corrected chi connectivity index (χ2v) is 4.34. The third-order valence-electron chi connectivity index (χ3n) is 1.47. The zero-order valence-corrected chi connectivity index (χ0v) is 11.3. The summed E-state index contributed by atoms with van der Waals surface area (Å²) in [5, 5.41) is 0.390. The first kappa shape index (κ1) is 13.0. The second-order valence-electron chi connectivity index (χ2n) is 2.70. The Balaban J connectivity index is 3.12. The first-order valence-electron chi connectivity index (χ1n) is 3.81. The van der Waals surface area contributed by atoms with Crippen molar-refractivity contribution in [2.45, 2.75) is 18.6 Å². The van der Waals surface area contributed by atoms with Gasteiger partial charge in [-0.15, -0.1) is 13.2 Å². The van der Waals surface area contributed by atoms with E-state index in [1.54, 1.807) is 29.5 Å². The lowest BCUT2D eigenvalue weighted by molar-refractivity contribution is -0.275. The molecule has 0 radical (unpaired) electrons. The second kappa shape index (κ2) is 4.86. The molecule has 1 aromatic heterocycles. The van der Waals surface area contributed by atoms with Crippen LogP contribution in [0.25, 0.3) is 0 Å². The van der Waals surface area contributed by atoms with Gasteiger partial charge in [-0.1, -0.05) is 15.9 Å². The predicted molar refractivity (Wildman–Crippen MR) is 61.0 cm³/mol. The molecule has 0 bridgehead atoms. The summed E-state index contributed by atoms with van der Waals surface area (Å²) in [5.74, 6) is -0.204. The van der Waals surface area contributed by atoms with E-state index in [1.165, 1.54) is 6.07 Å². The summed E-state index contributed by atoms with van der Waals surface area (Å²) < 4.78 is 40.3. The lowest BCUT2D eigenvalue weighted by atomic mass is 10.3. The molecule has 0 aliphatic heterocycles. The monoisotopic (exact) mass is 395 g/mol. The average molecular weight is 396 g/mol. The summed E-state index contributed by atoms with van der Waals surface area (Å²) in [7, 11) is 0. The van der Waals surface area contributed by atoms with Gasteiger partial charge >= 0.3 is 6.36 Å². The standard InChI is InChI=1S/C8H6BrF3INO/c1-4-2-6(15-8(10,11)12)7(13)5(3-9)14-4/h2H,3H2,1H3. The number of aryl methyl sites for hydroxylation is 1. The van der Waals surface area contributed by atoms with Crippen LogP contribution in [0, 0.1) is 10.5 Å². The number of aromatic nitrogens is 1. The maximum absolute atomic E-state index is 12.0. The molecular weight excluding hydrogens is 390 g/mol. The van der Waals surface area contributed by atoms with Crippen molar-refractivity contribution < 1.29 is 17.9 Å². The van der Waals surface area contributed by atoms with Crippen LogP contribution in [0.4, 0.5) is 13.2 Å². The van der Waals surface area contributed by atoms with Gasteiger partial charge in [0.2, 0.25) is 0 Å². The highest BCUT2D eigenvalue weighted by atomic mass is 127. The van der Waals surface area contributed by atoms with Gasteiger partial charge in [0.05, 0.1) is 9.26 Å². The van der Waals surface area contributed by atoms with Crippen molar-refractivity contribution in [2.24, 2.45) is 0 Å². The molecule has 0 saturated heterocycles. The smallest absolute Gasteiger partial charge is 0.405 e. The Hall–Kier alpha value is -0.0500. The van der Waals surface area contributed by atoms with Gasteiger partial charge in [0.15, 0.2) is 0 Å². The number of hydrogen-bond donors (Lipinski definition) is 0. The molecule has 1 rings (SSSR count). The van der Waals surface area contributed by atoms with Crippen molar-refractivity contribution in [3.63, 3.8) is 0 Å². The fraction of sp³-hybridized carbons (Fsp3) is 0.375. The van der Waals surface area contributed by atoms with Gasteiger partial charge in [0.25, 0.3) is 0 Å². The van der Waals surface area contributed by atoms with Crippen LogP contribution >= 0.6 is 38.5 Å². The van der Waals surface area contributed by atoms with Crippen LogP contribution in [-0.4, -0.2) is 11.3 Å². The topological polar surface area (TPSA) is 22.1 Å². The minimum atomic E-state index is -4.67. The minimum Gasteiger partial charge on any atom is -0.405 e. The molecule has 0 saturated carbocycles. The SMILES string of the molecule is Cc1cc(OC(F)(F)F)c(I)c(CBr)n1. The van der Waals surface area contributed by atoms with Crippen LogP contribution in [0.1, 0.15) is 11.4 Å². The molecule has 0 aliphatic rings. The summed E-state index contributed by atoms with van der Waals surface area (Å²) in [5.41, 5.74) is 1.03. The Kier molecular flexibility index (Phi) is 4.21. The quantitative estimate of drug-likeness (QED) is 0.561. The molecule has 0 unspecified atom stereocenters. The molecule has 15 heavy (non-hydrogen) atoms. The number of alkyl halides is 4. The zero-order valence-electron chi connectivity index (χ0n) is 7.53. The third-order valence-corrected chi connectivity index (χ3v) is 3.16. The Bertz CT molecular complexity index is 370. The molecule has 0 aliphatic carbocycles. The summed E-state index contributed by atoms with van der Waals surface area (Å²) in [6.07, 6.45) is -4.67. The zero-order chi connectivity index (χ0) is 11.6. The number of hydrogen-bond acceptors (Lipinski definition) is 2. The summed E-state index contributed by atoms with van der Waals surface area (Å²) in [6, 6.07) is 1.27. The van der Waals surface area contributed by atoms with E-state index in [-0.39, 0.29) is 5.75 Å². The van der Waals surface area contributed by atoms with Crippen molar-refractivity contribution in [1.82, 2.24) is 4.98 Å². The fourth-order valence-electron chi connectivity index (χ4n) is 0.977. The van der Waals surface area contributed by atoms with Crippen molar-refractivity contribution in [3.05, 3.63) is 21.0 Å². The molecule has 0 amide bonds. The number of pyridine rings is 1. The van der Waals surface area contributed by atoms with E-state index < -0.39 is 6.36 Å². The summed E-state index contributed by atoms with van der Waals surface area (Å²) in [4.78, 5) is 4.08. The van der Waals surface area contributed by atoms with E-state index in [9.17, 15) is 13.2 Å². The molecule has 0 fully saturated rings. The van der Waals surface area contributed by atoms with Crippen LogP contribution in [-0.2, 0) is 5.33 Å². The molecule has 2 nitrogen and oxygen atoms in total.